The average Bonchev–Trinajstić information content (AvgIpc) is 3.01. The second-order valence-electron chi connectivity index (χ2n) is 5.80. The molecule has 0 aromatic carbocycles. The fourth-order valence-electron chi connectivity index (χ4n) is 2.77. The fraction of sp³-hybridized carbons (Fsp3) is 0.562. The van der Waals surface area contributed by atoms with Gasteiger partial charge in [-0.05, 0) is 6.07 Å². The van der Waals surface area contributed by atoms with E-state index < -0.39 is 0 Å². The van der Waals surface area contributed by atoms with E-state index in [1.165, 1.54) is 5.56 Å². The number of aryl methyl sites for hydroxylation is 1. The van der Waals surface area contributed by atoms with Gasteiger partial charge in [0.15, 0.2) is 0 Å². The first-order valence-electron chi connectivity index (χ1n) is 8.11. The molecule has 1 saturated heterocycles. The Balaban J connectivity index is 1.71. The van der Waals surface area contributed by atoms with Gasteiger partial charge >= 0.3 is 0 Å². The van der Waals surface area contributed by atoms with Crippen LogP contribution in [0.25, 0.3) is 0 Å². The number of nitrogens with zero attached hydrogens (tertiary/aromatic N) is 5. The summed E-state index contributed by atoms with van der Waals surface area (Å²) in [5.41, 5.74) is 1.18. The Hall–Kier alpha value is -2.03. The third-order valence-corrected chi connectivity index (χ3v) is 3.97. The van der Waals surface area contributed by atoms with Gasteiger partial charge in [-0.25, -0.2) is 9.97 Å². The number of methoxy groups -OCH3 is 1. The zero-order valence-electron chi connectivity index (χ0n) is 14.2. The van der Waals surface area contributed by atoms with E-state index in [2.05, 4.69) is 25.3 Å². The number of nitrogens with one attached hydrogen (secondary N) is 1. The number of anilines is 1. The van der Waals surface area contributed by atoms with Gasteiger partial charge in [-0.15, -0.1) is 0 Å². The summed E-state index contributed by atoms with van der Waals surface area (Å²) < 4.78 is 12.5. The molecule has 0 saturated carbocycles. The van der Waals surface area contributed by atoms with Gasteiger partial charge in [0, 0.05) is 51.7 Å². The van der Waals surface area contributed by atoms with Crippen molar-refractivity contribution in [2.75, 3.05) is 45.3 Å². The summed E-state index contributed by atoms with van der Waals surface area (Å²) in [6, 6.07) is 1.91. The van der Waals surface area contributed by atoms with Crippen molar-refractivity contribution in [3.05, 3.63) is 36.0 Å². The maximum absolute atomic E-state index is 5.67. The van der Waals surface area contributed by atoms with E-state index in [9.17, 15) is 0 Å². The second kappa shape index (κ2) is 8.18. The number of hydrogen-bond acceptors (Lipinski definition) is 7. The first kappa shape index (κ1) is 16.8. The lowest BCUT2D eigenvalue weighted by Gasteiger charge is -2.34. The zero-order valence-corrected chi connectivity index (χ0v) is 14.2. The van der Waals surface area contributed by atoms with Gasteiger partial charge < -0.3 is 14.8 Å². The van der Waals surface area contributed by atoms with E-state index in [4.69, 9.17) is 9.47 Å². The highest BCUT2D eigenvalue weighted by Gasteiger charge is 2.27. The van der Waals surface area contributed by atoms with Crippen LogP contribution < -0.4 is 5.32 Å². The molecule has 3 heterocycles. The molecule has 2 aromatic heterocycles. The summed E-state index contributed by atoms with van der Waals surface area (Å²) in [5.74, 6) is 1.59. The van der Waals surface area contributed by atoms with Crippen LogP contribution in [0.2, 0.25) is 0 Å². The Bertz CT molecular complexity index is 647. The summed E-state index contributed by atoms with van der Waals surface area (Å²) >= 11 is 0. The number of morpholine rings is 1. The van der Waals surface area contributed by atoms with E-state index in [1.54, 1.807) is 13.3 Å². The van der Waals surface area contributed by atoms with E-state index in [0.717, 1.165) is 31.3 Å². The second-order valence-corrected chi connectivity index (χ2v) is 5.80. The summed E-state index contributed by atoms with van der Waals surface area (Å²) in [7, 11) is 3.61. The molecule has 0 radical (unpaired) electrons. The minimum atomic E-state index is 0.0446. The van der Waals surface area contributed by atoms with Gasteiger partial charge in [0.2, 0.25) is 0 Å². The molecular weight excluding hydrogens is 308 g/mol. The minimum absolute atomic E-state index is 0.0446. The van der Waals surface area contributed by atoms with Gasteiger partial charge in [-0.1, -0.05) is 0 Å². The molecule has 0 spiro atoms. The molecule has 2 aromatic rings. The first-order valence-corrected chi connectivity index (χ1v) is 8.11. The number of aromatic nitrogens is 4. The smallest absolute Gasteiger partial charge is 0.150 e. The molecule has 8 nitrogen and oxygen atoms in total. The summed E-state index contributed by atoms with van der Waals surface area (Å²) in [4.78, 5) is 11.5. The Morgan fingerprint density at radius 1 is 1.46 bits per heavy atom. The van der Waals surface area contributed by atoms with Crippen molar-refractivity contribution in [2.24, 2.45) is 7.05 Å². The number of hydrogen-bond donors (Lipinski definition) is 1. The Morgan fingerprint density at radius 2 is 2.38 bits per heavy atom. The van der Waals surface area contributed by atoms with Crippen molar-refractivity contribution in [1.29, 1.82) is 0 Å². The maximum atomic E-state index is 5.67. The quantitative estimate of drug-likeness (QED) is 0.753. The van der Waals surface area contributed by atoms with E-state index in [1.807, 2.05) is 30.2 Å². The van der Waals surface area contributed by atoms with Gasteiger partial charge in [-0.3, -0.25) is 9.58 Å². The van der Waals surface area contributed by atoms with Crippen molar-refractivity contribution in [1.82, 2.24) is 24.6 Å². The van der Waals surface area contributed by atoms with Crippen LogP contribution in [0.1, 0.15) is 17.4 Å². The van der Waals surface area contributed by atoms with Crippen LogP contribution >= 0.6 is 0 Å². The lowest BCUT2D eigenvalue weighted by atomic mass is 10.2. The average molecular weight is 332 g/mol. The highest BCUT2D eigenvalue weighted by atomic mass is 16.5. The van der Waals surface area contributed by atoms with Crippen molar-refractivity contribution < 1.29 is 9.47 Å². The third kappa shape index (κ3) is 4.28. The Labute approximate surface area is 141 Å². The Morgan fingerprint density at radius 3 is 3.17 bits per heavy atom. The standard InChI is InChI=1S/C16H24N6O2/c1-21-10-13(9-19-21)11-22-6-8-24-12-14(22)16-18-4-3-15(20-16)17-5-7-23-2/h3-4,9-10,14H,5-8,11-12H2,1-2H3,(H,17,18,20)/t14-/m0/s1. The lowest BCUT2D eigenvalue weighted by molar-refractivity contribution is -0.0159. The molecule has 0 bridgehead atoms. The van der Waals surface area contributed by atoms with Gasteiger partial charge in [0.05, 0.1) is 32.1 Å². The molecule has 1 aliphatic heterocycles. The summed E-state index contributed by atoms with van der Waals surface area (Å²) in [6.07, 6.45) is 5.72. The molecule has 1 N–H and O–H groups in total. The molecule has 1 aliphatic rings. The predicted molar refractivity (Wildman–Crippen MR) is 89.6 cm³/mol. The molecule has 1 fully saturated rings. The summed E-state index contributed by atoms with van der Waals surface area (Å²) in [6.45, 7) is 4.34. The van der Waals surface area contributed by atoms with E-state index in [-0.39, 0.29) is 6.04 Å². The van der Waals surface area contributed by atoms with Crippen LogP contribution in [-0.2, 0) is 23.1 Å². The molecule has 3 rings (SSSR count). The minimum Gasteiger partial charge on any atom is -0.383 e. The highest BCUT2D eigenvalue weighted by Crippen LogP contribution is 2.24. The zero-order chi connectivity index (χ0) is 16.8. The molecule has 0 aliphatic carbocycles. The number of ether oxygens (including phenoxy) is 2. The highest BCUT2D eigenvalue weighted by molar-refractivity contribution is 5.33. The fourth-order valence-corrected chi connectivity index (χ4v) is 2.77. The van der Waals surface area contributed by atoms with Gasteiger partial charge in [0.1, 0.15) is 11.6 Å². The van der Waals surface area contributed by atoms with Crippen molar-refractivity contribution >= 4 is 5.82 Å². The molecule has 1 atom stereocenters. The van der Waals surface area contributed by atoms with E-state index >= 15 is 0 Å². The molecule has 8 heteroatoms. The molecule has 130 valence electrons. The van der Waals surface area contributed by atoms with Crippen LogP contribution in [0.4, 0.5) is 5.82 Å². The van der Waals surface area contributed by atoms with Crippen molar-refractivity contribution in [3.8, 4) is 0 Å². The topological polar surface area (TPSA) is 77.3 Å². The predicted octanol–water partition coefficient (Wildman–Crippen LogP) is 0.842. The molecule has 0 unspecified atom stereocenters. The van der Waals surface area contributed by atoms with Gasteiger partial charge in [-0.2, -0.15) is 5.10 Å². The molecular formula is C16H24N6O2. The monoisotopic (exact) mass is 332 g/mol. The maximum Gasteiger partial charge on any atom is 0.150 e. The van der Waals surface area contributed by atoms with Crippen LogP contribution in [0.15, 0.2) is 24.7 Å². The van der Waals surface area contributed by atoms with Crippen LogP contribution in [0.3, 0.4) is 0 Å². The normalized spacial score (nSPS) is 18.7. The largest absolute Gasteiger partial charge is 0.383 e. The van der Waals surface area contributed by atoms with Crippen molar-refractivity contribution in [3.63, 3.8) is 0 Å². The first-order chi connectivity index (χ1) is 11.8. The van der Waals surface area contributed by atoms with Crippen LogP contribution in [-0.4, -0.2) is 64.7 Å². The van der Waals surface area contributed by atoms with Gasteiger partial charge in [0.25, 0.3) is 0 Å². The number of rotatable bonds is 7. The Kier molecular flexibility index (Phi) is 5.73. The molecule has 0 amide bonds. The third-order valence-electron chi connectivity index (χ3n) is 3.97. The van der Waals surface area contributed by atoms with Crippen LogP contribution in [0, 0.1) is 0 Å². The molecule has 24 heavy (non-hydrogen) atoms. The summed E-state index contributed by atoms with van der Waals surface area (Å²) in [5, 5.41) is 7.49. The van der Waals surface area contributed by atoms with E-state index in [0.29, 0.717) is 19.8 Å². The van der Waals surface area contributed by atoms with Crippen molar-refractivity contribution in [2.45, 2.75) is 12.6 Å². The lowest BCUT2D eigenvalue weighted by Crippen LogP contribution is -2.39. The van der Waals surface area contributed by atoms with Crippen LogP contribution in [0.5, 0.6) is 0 Å². The SMILES string of the molecule is COCCNc1ccnc([C@@H]2COCCN2Cc2cnn(C)c2)n1.